The fraction of sp³-hybridized carbons (Fsp3) is 0.280. The van der Waals surface area contributed by atoms with Crippen molar-refractivity contribution in [2.45, 2.75) is 32.9 Å². The summed E-state index contributed by atoms with van der Waals surface area (Å²) >= 11 is 0. The third-order valence-electron chi connectivity index (χ3n) is 5.54. The highest BCUT2D eigenvalue weighted by Gasteiger charge is 2.20. The van der Waals surface area contributed by atoms with Crippen LogP contribution in [-0.2, 0) is 17.7 Å². The lowest BCUT2D eigenvalue weighted by Crippen LogP contribution is -2.31. The van der Waals surface area contributed by atoms with Crippen molar-refractivity contribution >= 4 is 11.2 Å². The lowest BCUT2D eigenvalue weighted by atomic mass is 10.0. The summed E-state index contributed by atoms with van der Waals surface area (Å²) in [6.07, 6.45) is 2.59. The van der Waals surface area contributed by atoms with Gasteiger partial charge in [0, 0.05) is 13.3 Å². The third kappa shape index (κ3) is 4.07. The molecular weight excluding hydrogens is 372 g/mol. The zero-order valence-electron chi connectivity index (χ0n) is 17.8. The van der Waals surface area contributed by atoms with Crippen molar-refractivity contribution in [1.82, 2.24) is 14.1 Å². The summed E-state index contributed by atoms with van der Waals surface area (Å²) in [7, 11) is 1.72. The standard InChI is InChI=1S/C25H28N4O/c1-18-6-10-20(11-7-18)15-22(17-30-3)29-23-5-4-14-27-24(23)28(25(29)26)16-21-12-8-19(2)9-13-21/h4-14,22,26H,15-17H2,1-3H3/t22-/m0/s1. The quantitative estimate of drug-likeness (QED) is 0.499. The summed E-state index contributed by atoms with van der Waals surface area (Å²) in [6.45, 7) is 5.32. The highest BCUT2D eigenvalue weighted by Crippen LogP contribution is 2.21. The first-order valence-electron chi connectivity index (χ1n) is 10.3. The maximum Gasteiger partial charge on any atom is 0.204 e. The Bertz CT molecular complexity index is 1190. The Morgan fingerprint density at radius 1 is 0.933 bits per heavy atom. The Morgan fingerprint density at radius 2 is 1.57 bits per heavy atom. The number of nitrogens with zero attached hydrogens (tertiary/aromatic N) is 3. The molecular formula is C25H28N4O. The van der Waals surface area contributed by atoms with Gasteiger partial charge in [-0.3, -0.25) is 9.98 Å². The lowest BCUT2D eigenvalue weighted by Gasteiger charge is -2.19. The maximum absolute atomic E-state index is 9.01. The van der Waals surface area contributed by atoms with Gasteiger partial charge in [0.15, 0.2) is 5.65 Å². The summed E-state index contributed by atoms with van der Waals surface area (Å²) in [4.78, 5) is 4.62. The first kappa shape index (κ1) is 20.1. The molecule has 4 aromatic rings. The van der Waals surface area contributed by atoms with Crippen LogP contribution in [0.4, 0.5) is 0 Å². The number of imidazole rings is 1. The second-order valence-electron chi connectivity index (χ2n) is 7.91. The first-order valence-corrected chi connectivity index (χ1v) is 10.3. The molecule has 0 spiro atoms. The van der Waals surface area contributed by atoms with Gasteiger partial charge in [0.1, 0.15) is 0 Å². The predicted molar refractivity (Wildman–Crippen MR) is 120 cm³/mol. The van der Waals surface area contributed by atoms with E-state index < -0.39 is 0 Å². The fourth-order valence-corrected chi connectivity index (χ4v) is 3.94. The predicted octanol–water partition coefficient (Wildman–Crippen LogP) is 4.41. The highest BCUT2D eigenvalue weighted by molar-refractivity contribution is 5.71. The van der Waals surface area contributed by atoms with Crippen LogP contribution in [-0.4, -0.2) is 27.8 Å². The largest absolute Gasteiger partial charge is 0.383 e. The molecule has 2 aromatic heterocycles. The summed E-state index contributed by atoms with van der Waals surface area (Å²) < 4.78 is 9.62. The number of nitrogens with one attached hydrogen (secondary N) is 1. The molecule has 0 bridgehead atoms. The van der Waals surface area contributed by atoms with Crippen LogP contribution in [0.2, 0.25) is 0 Å². The molecule has 1 atom stereocenters. The van der Waals surface area contributed by atoms with Crippen molar-refractivity contribution in [2.24, 2.45) is 0 Å². The van der Waals surface area contributed by atoms with Crippen molar-refractivity contribution in [3.05, 3.63) is 94.7 Å². The van der Waals surface area contributed by atoms with Gasteiger partial charge in [-0.05, 0) is 43.5 Å². The number of methoxy groups -OCH3 is 1. The summed E-state index contributed by atoms with van der Waals surface area (Å²) in [6, 6.07) is 21.0. The molecule has 30 heavy (non-hydrogen) atoms. The van der Waals surface area contributed by atoms with Crippen LogP contribution in [0.1, 0.15) is 28.3 Å². The first-order chi connectivity index (χ1) is 14.6. The van der Waals surface area contributed by atoms with E-state index >= 15 is 0 Å². The molecule has 2 heterocycles. The highest BCUT2D eigenvalue weighted by atomic mass is 16.5. The zero-order valence-corrected chi connectivity index (χ0v) is 17.8. The van der Waals surface area contributed by atoms with Gasteiger partial charge in [0.2, 0.25) is 5.62 Å². The Morgan fingerprint density at radius 3 is 2.20 bits per heavy atom. The number of aromatic nitrogens is 3. The average molecular weight is 401 g/mol. The van der Waals surface area contributed by atoms with Crippen LogP contribution < -0.4 is 5.62 Å². The third-order valence-corrected chi connectivity index (χ3v) is 5.54. The Balaban J connectivity index is 1.78. The van der Waals surface area contributed by atoms with Crippen LogP contribution in [0.25, 0.3) is 11.2 Å². The van der Waals surface area contributed by atoms with E-state index in [9.17, 15) is 0 Å². The van der Waals surface area contributed by atoms with E-state index in [2.05, 4.69) is 71.9 Å². The monoisotopic (exact) mass is 400 g/mol. The van der Waals surface area contributed by atoms with Gasteiger partial charge < -0.3 is 9.30 Å². The number of rotatable bonds is 7. The molecule has 0 fully saturated rings. The van der Waals surface area contributed by atoms with Crippen LogP contribution in [0, 0.1) is 19.3 Å². The van der Waals surface area contributed by atoms with Gasteiger partial charge in [0.25, 0.3) is 0 Å². The maximum atomic E-state index is 9.01. The van der Waals surface area contributed by atoms with E-state index in [1.807, 2.05) is 16.7 Å². The molecule has 1 N–H and O–H groups in total. The molecule has 0 saturated heterocycles. The molecule has 5 heteroatoms. The molecule has 154 valence electrons. The van der Waals surface area contributed by atoms with Gasteiger partial charge in [-0.1, -0.05) is 59.7 Å². The number of aryl methyl sites for hydroxylation is 2. The van der Waals surface area contributed by atoms with Crippen LogP contribution in [0.5, 0.6) is 0 Å². The Kier molecular flexibility index (Phi) is 5.81. The minimum absolute atomic E-state index is 0.0103. The molecule has 4 rings (SSSR count). The van der Waals surface area contributed by atoms with Gasteiger partial charge in [-0.2, -0.15) is 0 Å². The number of ether oxygens (including phenoxy) is 1. The van der Waals surface area contributed by atoms with E-state index in [1.54, 1.807) is 13.3 Å². The van der Waals surface area contributed by atoms with Crippen LogP contribution in [0.3, 0.4) is 0 Å². The van der Waals surface area contributed by atoms with Crippen molar-refractivity contribution < 1.29 is 4.74 Å². The van der Waals surface area contributed by atoms with Gasteiger partial charge in [-0.15, -0.1) is 0 Å². The van der Waals surface area contributed by atoms with E-state index in [4.69, 9.17) is 10.1 Å². The van der Waals surface area contributed by atoms with E-state index in [1.165, 1.54) is 16.7 Å². The normalized spacial score (nSPS) is 12.4. The fourth-order valence-electron chi connectivity index (χ4n) is 3.94. The number of hydrogen-bond donors (Lipinski definition) is 1. The topological polar surface area (TPSA) is 55.8 Å². The number of pyridine rings is 1. The smallest absolute Gasteiger partial charge is 0.204 e. The second-order valence-corrected chi connectivity index (χ2v) is 7.91. The summed E-state index contributed by atoms with van der Waals surface area (Å²) in [5.41, 5.74) is 7.10. The summed E-state index contributed by atoms with van der Waals surface area (Å²) in [5, 5.41) is 9.01. The van der Waals surface area contributed by atoms with E-state index in [0.29, 0.717) is 18.8 Å². The van der Waals surface area contributed by atoms with E-state index in [-0.39, 0.29) is 6.04 Å². The molecule has 0 amide bonds. The number of hydrogen-bond acceptors (Lipinski definition) is 3. The number of benzene rings is 2. The average Bonchev–Trinajstić information content (AvgIpc) is 3.02. The minimum atomic E-state index is 0.0103. The van der Waals surface area contributed by atoms with Crippen molar-refractivity contribution in [3.8, 4) is 0 Å². The molecule has 0 aliphatic rings. The van der Waals surface area contributed by atoms with Crippen molar-refractivity contribution in [3.63, 3.8) is 0 Å². The molecule has 2 aromatic carbocycles. The van der Waals surface area contributed by atoms with Gasteiger partial charge in [0.05, 0.1) is 24.7 Å². The van der Waals surface area contributed by atoms with Crippen molar-refractivity contribution in [2.75, 3.05) is 13.7 Å². The summed E-state index contributed by atoms with van der Waals surface area (Å²) in [5.74, 6) is 0. The molecule has 0 aliphatic heterocycles. The van der Waals surface area contributed by atoms with Gasteiger partial charge >= 0.3 is 0 Å². The van der Waals surface area contributed by atoms with E-state index in [0.717, 1.165) is 23.1 Å². The Hall–Kier alpha value is -3.18. The SMILES string of the molecule is COC[C@H](Cc1ccc(C)cc1)n1c(=N)n(Cc2ccc(C)cc2)c2ncccc21. The molecule has 0 unspecified atom stereocenters. The van der Waals surface area contributed by atoms with Gasteiger partial charge in [-0.25, -0.2) is 4.98 Å². The lowest BCUT2D eigenvalue weighted by molar-refractivity contribution is 0.154. The molecule has 5 nitrogen and oxygen atoms in total. The minimum Gasteiger partial charge on any atom is -0.383 e. The molecule has 0 saturated carbocycles. The molecule has 0 radical (unpaired) electrons. The van der Waals surface area contributed by atoms with Crippen LogP contribution >= 0.6 is 0 Å². The molecule has 0 aliphatic carbocycles. The second kappa shape index (κ2) is 8.67. The van der Waals surface area contributed by atoms with Crippen LogP contribution in [0.15, 0.2) is 66.9 Å². The zero-order chi connectivity index (χ0) is 21.1. The van der Waals surface area contributed by atoms with Crippen molar-refractivity contribution in [1.29, 1.82) is 5.41 Å². The Labute approximate surface area is 177 Å². The number of fused-ring (bicyclic) bond motifs is 1.